The zero-order valence-corrected chi connectivity index (χ0v) is 22.8. The van der Waals surface area contributed by atoms with Crippen molar-refractivity contribution in [1.82, 2.24) is 10.2 Å². The van der Waals surface area contributed by atoms with E-state index < -0.39 is 6.04 Å². The molecule has 3 rings (SSSR count). The number of hydrogen-bond donors (Lipinski definition) is 1. The number of ether oxygens (including phenoxy) is 1. The molecule has 0 unspecified atom stereocenters. The summed E-state index contributed by atoms with van der Waals surface area (Å²) in [7, 11) is 0. The lowest BCUT2D eigenvalue weighted by molar-refractivity contribution is -0.141. The van der Waals surface area contributed by atoms with Crippen LogP contribution in [0.3, 0.4) is 0 Å². The Morgan fingerprint density at radius 3 is 2.14 bits per heavy atom. The molecule has 196 valence electrons. The molecule has 0 fully saturated rings. The first-order valence-electron chi connectivity index (χ1n) is 12.6. The maximum absolute atomic E-state index is 13.7. The molecule has 0 aliphatic carbocycles. The van der Waals surface area contributed by atoms with Gasteiger partial charge in [-0.2, -0.15) is 0 Å². The van der Waals surface area contributed by atoms with Gasteiger partial charge in [0.1, 0.15) is 11.8 Å². The molecule has 2 amide bonds. The Labute approximate surface area is 229 Å². The van der Waals surface area contributed by atoms with Crippen LogP contribution in [0.5, 0.6) is 5.75 Å². The molecule has 3 aromatic rings. The molecule has 0 bridgehead atoms. The third-order valence-electron chi connectivity index (χ3n) is 5.89. The summed E-state index contributed by atoms with van der Waals surface area (Å²) >= 11 is 13.0. The molecule has 0 radical (unpaired) electrons. The van der Waals surface area contributed by atoms with Crippen LogP contribution in [0.1, 0.15) is 37.8 Å². The van der Waals surface area contributed by atoms with Crippen molar-refractivity contribution < 1.29 is 14.3 Å². The number of para-hydroxylation sites is 1. The van der Waals surface area contributed by atoms with Crippen LogP contribution >= 0.6 is 23.2 Å². The van der Waals surface area contributed by atoms with Crippen LogP contribution in [0.25, 0.3) is 0 Å². The van der Waals surface area contributed by atoms with Gasteiger partial charge in [0, 0.05) is 41.5 Å². The van der Waals surface area contributed by atoms with Gasteiger partial charge in [0.2, 0.25) is 11.8 Å². The molecule has 0 aliphatic rings. The molecule has 1 atom stereocenters. The van der Waals surface area contributed by atoms with E-state index in [4.69, 9.17) is 27.9 Å². The van der Waals surface area contributed by atoms with Crippen molar-refractivity contribution in [2.75, 3.05) is 13.2 Å². The van der Waals surface area contributed by atoms with Crippen LogP contribution in [0.15, 0.2) is 78.9 Å². The van der Waals surface area contributed by atoms with Crippen LogP contribution in [0.4, 0.5) is 0 Å². The number of benzene rings is 3. The smallest absolute Gasteiger partial charge is 0.243 e. The van der Waals surface area contributed by atoms with Crippen molar-refractivity contribution in [2.45, 2.75) is 45.7 Å². The zero-order valence-electron chi connectivity index (χ0n) is 21.3. The molecular formula is C30H34Cl2N2O3. The summed E-state index contributed by atoms with van der Waals surface area (Å²) in [6, 6.07) is 23.7. The fraction of sp³-hybridized carbons (Fsp3) is 0.333. The largest absolute Gasteiger partial charge is 0.494 e. The normalized spacial score (nSPS) is 11.7. The maximum atomic E-state index is 13.7. The van der Waals surface area contributed by atoms with Crippen molar-refractivity contribution >= 4 is 35.0 Å². The Balaban J connectivity index is 1.84. The van der Waals surface area contributed by atoms with Crippen molar-refractivity contribution in [3.05, 3.63) is 100 Å². The fourth-order valence-electron chi connectivity index (χ4n) is 3.90. The van der Waals surface area contributed by atoms with Gasteiger partial charge in [0.05, 0.1) is 6.61 Å². The van der Waals surface area contributed by atoms with E-state index in [9.17, 15) is 9.59 Å². The molecule has 0 aromatic heterocycles. The minimum atomic E-state index is -0.726. The lowest BCUT2D eigenvalue weighted by Gasteiger charge is -2.32. The summed E-state index contributed by atoms with van der Waals surface area (Å²) in [6.07, 6.45) is 1.10. The number of hydrogen-bond acceptors (Lipinski definition) is 3. The van der Waals surface area contributed by atoms with E-state index >= 15 is 0 Å². The lowest BCUT2D eigenvalue weighted by Crippen LogP contribution is -2.51. The van der Waals surface area contributed by atoms with Crippen LogP contribution in [0, 0.1) is 5.92 Å². The molecule has 0 heterocycles. The standard InChI is InChI=1S/C30H34Cl2N2O3/c1-22(2)20-33-30(36)28(19-23-11-5-3-6-12-23)34(21-25-26(31)15-9-16-27(25)32)29(35)17-10-18-37-24-13-7-4-8-14-24/h3-9,11-16,22,28H,10,17-21H2,1-2H3,(H,33,36)/t28-/m1/s1. The van der Waals surface area contributed by atoms with Crippen molar-refractivity contribution in [2.24, 2.45) is 5.92 Å². The molecule has 0 saturated heterocycles. The Morgan fingerprint density at radius 2 is 1.51 bits per heavy atom. The number of rotatable bonds is 13. The van der Waals surface area contributed by atoms with Crippen molar-refractivity contribution in [3.8, 4) is 5.75 Å². The van der Waals surface area contributed by atoms with Gasteiger partial charge in [0.25, 0.3) is 0 Å². The zero-order chi connectivity index (χ0) is 26.6. The molecule has 0 saturated carbocycles. The third-order valence-corrected chi connectivity index (χ3v) is 6.60. The SMILES string of the molecule is CC(C)CNC(=O)[C@@H](Cc1ccccc1)N(Cc1c(Cl)cccc1Cl)C(=O)CCCOc1ccccc1. The van der Waals surface area contributed by atoms with Gasteiger partial charge >= 0.3 is 0 Å². The van der Waals surface area contributed by atoms with Gasteiger partial charge in [-0.25, -0.2) is 0 Å². The van der Waals surface area contributed by atoms with E-state index in [0.29, 0.717) is 41.6 Å². The van der Waals surface area contributed by atoms with E-state index in [1.54, 1.807) is 23.1 Å². The molecule has 3 aromatic carbocycles. The van der Waals surface area contributed by atoms with E-state index in [0.717, 1.165) is 11.3 Å². The van der Waals surface area contributed by atoms with Crippen LogP contribution < -0.4 is 10.1 Å². The summed E-state index contributed by atoms with van der Waals surface area (Å²) in [5.74, 6) is 0.672. The topological polar surface area (TPSA) is 58.6 Å². The van der Waals surface area contributed by atoms with Gasteiger partial charge < -0.3 is 15.0 Å². The average molecular weight is 542 g/mol. The number of halogens is 2. The number of nitrogens with one attached hydrogen (secondary N) is 1. The van der Waals surface area contributed by atoms with Crippen molar-refractivity contribution in [3.63, 3.8) is 0 Å². The number of carbonyl (C=O) groups is 2. The summed E-state index contributed by atoms with van der Waals surface area (Å²) in [4.78, 5) is 28.7. The molecule has 0 aliphatic heterocycles. The first-order valence-corrected chi connectivity index (χ1v) is 13.3. The molecular weight excluding hydrogens is 507 g/mol. The highest BCUT2D eigenvalue weighted by Gasteiger charge is 2.31. The first kappa shape index (κ1) is 28.5. The van der Waals surface area contributed by atoms with Crippen molar-refractivity contribution in [1.29, 1.82) is 0 Å². The highest BCUT2D eigenvalue weighted by atomic mass is 35.5. The summed E-state index contributed by atoms with van der Waals surface area (Å²) in [6.45, 7) is 5.10. The monoisotopic (exact) mass is 540 g/mol. The van der Waals surface area contributed by atoms with Crippen LogP contribution in [-0.2, 0) is 22.6 Å². The second-order valence-electron chi connectivity index (χ2n) is 9.33. The molecule has 1 N–H and O–H groups in total. The van der Waals surface area contributed by atoms with Gasteiger partial charge in [-0.3, -0.25) is 9.59 Å². The third kappa shape index (κ3) is 9.10. The van der Waals surface area contributed by atoms with E-state index in [2.05, 4.69) is 5.32 Å². The molecule has 37 heavy (non-hydrogen) atoms. The second-order valence-corrected chi connectivity index (χ2v) is 10.1. The Bertz CT molecular complexity index is 1120. The minimum absolute atomic E-state index is 0.128. The predicted octanol–water partition coefficient (Wildman–Crippen LogP) is 6.56. The predicted molar refractivity (Wildman–Crippen MR) is 150 cm³/mol. The number of amides is 2. The van der Waals surface area contributed by atoms with Crippen LogP contribution in [-0.4, -0.2) is 35.9 Å². The van der Waals surface area contributed by atoms with E-state index in [1.807, 2.05) is 74.5 Å². The number of carbonyl (C=O) groups excluding carboxylic acids is 2. The quantitative estimate of drug-likeness (QED) is 0.249. The highest BCUT2D eigenvalue weighted by Crippen LogP contribution is 2.27. The summed E-state index contributed by atoms with van der Waals surface area (Å²) < 4.78 is 5.77. The summed E-state index contributed by atoms with van der Waals surface area (Å²) in [5, 5.41) is 3.93. The first-order chi connectivity index (χ1) is 17.8. The second kappa shape index (κ2) is 14.7. The Morgan fingerprint density at radius 1 is 0.892 bits per heavy atom. The van der Waals surface area contributed by atoms with E-state index in [1.165, 1.54) is 0 Å². The maximum Gasteiger partial charge on any atom is 0.243 e. The molecule has 5 nitrogen and oxygen atoms in total. The molecule has 0 spiro atoms. The Hall–Kier alpha value is -3.02. The molecule has 7 heteroatoms. The van der Waals surface area contributed by atoms with Gasteiger partial charge in [-0.1, -0.05) is 91.6 Å². The average Bonchev–Trinajstić information content (AvgIpc) is 2.89. The van der Waals surface area contributed by atoms with Gasteiger partial charge in [-0.05, 0) is 42.2 Å². The fourth-order valence-corrected chi connectivity index (χ4v) is 4.42. The Kier molecular flexibility index (Phi) is 11.3. The highest BCUT2D eigenvalue weighted by molar-refractivity contribution is 6.36. The van der Waals surface area contributed by atoms with E-state index in [-0.39, 0.29) is 30.7 Å². The number of nitrogens with zero attached hydrogens (tertiary/aromatic N) is 1. The summed E-state index contributed by atoms with van der Waals surface area (Å²) in [5.41, 5.74) is 1.58. The lowest BCUT2D eigenvalue weighted by atomic mass is 10.0. The minimum Gasteiger partial charge on any atom is -0.494 e. The van der Waals surface area contributed by atoms with Crippen LogP contribution in [0.2, 0.25) is 10.0 Å². The van der Waals surface area contributed by atoms with Gasteiger partial charge in [0.15, 0.2) is 0 Å². The van der Waals surface area contributed by atoms with Gasteiger partial charge in [-0.15, -0.1) is 0 Å².